The molecule has 2 heterocycles. The fraction of sp³-hybridized carbons (Fsp3) is 0.568. The number of aryl methyl sites for hydroxylation is 1. The highest BCUT2D eigenvalue weighted by molar-refractivity contribution is 7.90. The summed E-state index contributed by atoms with van der Waals surface area (Å²) in [5.74, 6) is 0.0440. The number of ether oxygens (including phenoxy) is 2. The summed E-state index contributed by atoms with van der Waals surface area (Å²) < 4.78 is 42.0. The molecule has 11 heteroatoms. The number of nitrogens with zero attached hydrogens (tertiary/aromatic N) is 1. The van der Waals surface area contributed by atoms with Gasteiger partial charge in [0.05, 0.1) is 23.6 Å². The van der Waals surface area contributed by atoms with Crippen LogP contribution in [-0.2, 0) is 31.4 Å². The molecule has 2 aromatic rings. The number of hydrogen-bond donors (Lipinski definition) is 2. The van der Waals surface area contributed by atoms with E-state index in [0.29, 0.717) is 31.9 Å². The molecule has 0 radical (unpaired) electrons. The van der Waals surface area contributed by atoms with Crippen LogP contribution in [0.2, 0.25) is 5.02 Å². The van der Waals surface area contributed by atoms with Crippen LogP contribution in [-0.4, -0.2) is 63.9 Å². The van der Waals surface area contributed by atoms with Crippen LogP contribution in [0.4, 0.5) is 5.69 Å². The molecule has 260 valence electrons. The topological polar surface area (TPSA) is 114 Å². The Morgan fingerprint density at radius 1 is 1.19 bits per heavy atom. The monoisotopic (exact) mass is 697 g/mol. The van der Waals surface area contributed by atoms with Crippen LogP contribution in [0.15, 0.2) is 48.6 Å². The number of carbonyl (C=O) groups is 2. The van der Waals surface area contributed by atoms with E-state index in [1.54, 1.807) is 25.1 Å². The summed E-state index contributed by atoms with van der Waals surface area (Å²) in [6.45, 7) is 9.15. The van der Waals surface area contributed by atoms with Gasteiger partial charge in [-0.15, -0.1) is 0 Å². The van der Waals surface area contributed by atoms with E-state index in [4.69, 9.17) is 21.1 Å². The van der Waals surface area contributed by atoms with E-state index in [9.17, 15) is 18.0 Å². The van der Waals surface area contributed by atoms with Gasteiger partial charge in [0.2, 0.25) is 15.9 Å². The van der Waals surface area contributed by atoms with Crippen LogP contribution in [0.5, 0.6) is 5.75 Å². The van der Waals surface area contributed by atoms with E-state index in [-0.39, 0.29) is 53.4 Å². The number of carbonyl (C=O) groups excluding carboxylic acids is 2. The first kappa shape index (κ1) is 34.8. The van der Waals surface area contributed by atoms with Crippen molar-refractivity contribution in [3.63, 3.8) is 0 Å². The van der Waals surface area contributed by atoms with Gasteiger partial charge in [0.1, 0.15) is 12.4 Å². The molecule has 2 aliphatic carbocycles. The molecule has 9 nitrogen and oxygen atoms in total. The molecule has 1 saturated carbocycles. The standard InChI is InChI=1S/C37H48ClN3O6S/c1-23(2)39-35(42)20-46-33-9-5-7-24(3)25(4)48(44,45)40-36(43)27-11-15-34-32(18-27)41(19-28-10-13-30(28)33)21-37(22-47-34)16-6-8-26-17-29(38)12-14-31(26)37/h5,9,11-12,14-15,17-18,23-25,28,30,33H,6-8,10,13,16,19-22H2,1-4H3,(H,39,42)(H,40,43)/b9-5-/t24-,25+,28-,30+,33-,37-/m0/s1. The number of amides is 2. The molecule has 2 aromatic carbocycles. The molecule has 0 unspecified atom stereocenters. The minimum absolute atomic E-state index is 0.0124. The number of allylic oxidation sites excluding steroid dienone is 1. The second kappa shape index (κ2) is 14.0. The van der Waals surface area contributed by atoms with E-state index in [1.165, 1.54) is 11.1 Å². The van der Waals surface area contributed by atoms with Gasteiger partial charge in [-0.2, -0.15) is 0 Å². The lowest BCUT2D eigenvalue weighted by Crippen LogP contribution is -2.50. The van der Waals surface area contributed by atoms with Crippen molar-refractivity contribution in [1.82, 2.24) is 10.0 Å². The van der Waals surface area contributed by atoms with Gasteiger partial charge in [-0.3, -0.25) is 9.59 Å². The normalized spacial score (nSPS) is 30.6. The third-order valence-electron chi connectivity index (χ3n) is 10.9. The minimum atomic E-state index is -3.97. The molecule has 4 aliphatic rings. The van der Waals surface area contributed by atoms with E-state index >= 15 is 0 Å². The summed E-state index contributed by atoms with van der Waals surface area (Å²) in [6.07, 6.45) is 9.06. The SMILES string of the molecule is CC(C)NC(=O)CO[C@H]1/C=C\C[C@H](C)[C@@H](C)S(=O)(=O)NC(=O)c2ccc3c(c2)N(C[C@@H]2CC[C@H]21)C[C@@]1(CCCc2cc(Cl)ccc21)CO3. The van der Waals surface area contributed by atoms with Crippen molar-refractivity contribution in [3.05, 3.63) is 70.3 Å². The fourth-order valence-electron chi connectivity index (χ4n) is 7.86. The summed E-state index contributed by atoms with van der Waals surface area (Å²) in [4.78, 5) is 28.4. The third kappa shape index (κ3) is 7.26. The van der Waals surface area contributed by atoms with Crippen LogP contribution in [0, 0.1) is 17.8 Å². The van der Waals surface area contributed by atoms with E-state index in [0.717, 1.165) is 42.8 Å². The molecule has 0 aromatic heterocycles. The van der Waals surface area contributed by atoms with Gasteiger partial charge in [-0.25, -0.2) is 13.1 Å². The lowest BCUT2D eigenvalue weighted by atomic mass is 9.68. The predicted molar refractivity (Wildman–Crippen MR) is 188 cm³/mol. The average molecular weight is 698 g/mol. The van der Waals surface area contributed by atoms with Gasteiger partial charge in [0.25, 0.3) is 5.91 Å². The molecule has 1 spiro atoms. The quantitative estimate of drug-likeness (QED) is 0.389. The van der Waals surface area contributed by atoms with Crippen molar-refractivity contribution in [2.45, 2.75) is 89.0 Å². The van der Waals surface area contributed by atoms with E-state index < -0.39 is 21.2 Å². The second-order valence-electron chi connectivity index (χ2n) is 14.6. The molecular weight excluding hydrogens is 650 g/mol. The molecule has 6 atom stereocenters. The number of sulfonamides is 1. The Labute approximate surface area is 289 Å². The maximum Gasteiger partial charge on any atom is 0.264 e. The minimum Gasteiger partial charge on any atom is -0.490 e. The maximum atomic E-state index is 13.5. The van der Waals surface area contributed by atoms with Crippen molar-refractivity contribution in [3.8, 4) is 5.75 Å². The zero-order valence-corrected chi connectivity index (χ0v) is 29.9. The lowest BCUT2D eigenvalue weighted by molar-refractivity contribution is -0.129. The Hall–Kier alpha value is -3.08. The number of benzene rings is 2. The maximum absolute atomic E-state index is 13.5. The highest BCUT2D eigenvalue weighted by Crippen LogP contribution is 2.47. The molecule has 2 aliphatic heterocycles. The summed E-state index contributed by atoms with van der Waals surface area (Å²) in [7, 11) is -3.97. The lowest BCUT2D eigenvalue weighted by Gasteiger charge is -2.46. The molecule has 6 rings (SSSR count). The van der Waals surface area contributed by atoms with Crippen molar-refractivity contribution in [2.24, 2.45) is 17.8 Å². The van der Waals surface area contributed by atoms with Crippen LogP contribution >= 0.6 is 11.6 Å². The number of rotatable bonds is 4. The van der Waals surface area contributed by atoms with Crippen molar-refractivity contribution < 1.29 is 27.5 Å². The van der Waals surface area contributed by atoms with Crippen LogP contribution in [0.25, 0.3) is 0 Å². The Morgan fingerprint density at radius 3 is 2.75 bits per heavy atom. The Bertz CT molecular complexity index is 1680. The van der Waals surface area contributed by atoms with E-state index in [2.05, 4.69) is 27.1 Å². The fourth-order valence-corrected chi connectivity index (χ4v) is 9.34. The molecule has 48 heavy (non-hydrogen) atoms. The summed E-state index contributed by atoms with van der Waals surface area (Å²) >= 11 is 6.43. The van der Waals surface area contributed by atoms with Crippen LogP contribution < -0.4 is 19.7 Å². The first-order chi connectivity index (χ1) is 22.8. The molecule has 2 bridgehead atoms. The van der Waals surface area contributed by atoms with Crippen LogP contribution in [0.3, 0.4) is 0 Å². The zero-order chi connectivity index (χ0) is 34.2. The summed E-state index contributed by atoms with van der Waals surface area (Å²) in [5.41, 5.74) is 3.25. The third-order valence-corrected chi connectivity index (χ3v) is 13.0. The first-order valence-electron chi connectivity index (χ1n) is 17.3. The molecule has 2 N–H and O–H groups in total. The number of nitrogens with one attached hydrogen (secondary N) is 2. The molecule has 0 saturated heterocycles. The van der Waals surface area contributed by atoms with Gasteiger partial charge >= 0.3 is 0 Å². The first-order valence-corrected chi connectivity index (χ1v) is 19.2. The molecular formula is C37H48ClN3O6S. The van der Waals surface area contributed by atoms with Gasteiger partial charge in [-0.1, -0.05) is 36.7 Å². The molecule has 1 fully saturated rings. The number of halogens is 1. The smallest absolute Gasteiger partial charge is 0.264 e. The van der Waals surface area contributed by atoms with Gasteiger partial charge < -0.3 is 19.7 Å². The number of hydrogen-bond acceptors (Lipinski definition) is 7. The average Bonchev–Trinajstić information content (AvgIpc) is 3.17. The Kier molecular flexibility index (Phi) is 10.2. The van der Waals surface area contributed by atoms with Gasteiger partial charge in [0.15, 0.2) is 0 Å². The van der Waals surface area contributed by atoms with Gasteiger partial charge in [0, 0.05) is 35.1 Å². The predicted octanol–water partition coefficient (Wildman–Crippen LogP) is 5.79. The number of anilines is 1. The summed E-state index contributed by atoms with van der Waals surface area (Å²) in [6, 6.07) is 11.4. The van der Waals surface area contributed by atoms with Crippen LogP contribution in [0.1, 0.15) is 81.3 Å². The van der Waals surface area contributed by atoms with E-state index in [1.807, 2.05) is 39.0 Å². The zero-order valence-electron chi connectivity index (χ0n) is 28.3. The van der Waals surface area contributed by atoms with Gasteiger partial charge in [-0.05, 0) is 119 Å². The summed E-state index contributed by atoms with van der Waals surface area (Å²) in [5, 5.41) is 2.82. The second-order valence-corrected chi connectivity index (χ2v) is 17.1. The van der Waals surface area contributed by atoms with Crippen molar-refractivity contribution in [1.29, 1.82) is 0 Å². The highest BCUT2D eigenvalue weighted by Gasteiger charge is 2.44. The highest BCUT2D eigenvalue weighted by atomic mass is 35.5. The number of fused-ring (bicyclic) bond motifs is 4. The van der Waals surface area contributed by atoms with Crippen molar-refractivity contribution in [2.75, 3.05) is 31.2 Å². The largest absolute Gasteiger partial charge is 0.490 e. The Morgan fingerprint density at radius 2 is 2.00 bits per heavy atom. The molecule has 2 amide bonds. The van der Waals surface area contributed by atoms with Crippen molar-refractivity contribution >= 4 is 39.1 Å². The Balaban J connectivity index is 1.39.